The predicted molar refractivity (Wildman–Crippen MR) is 107 cm³/mol. The Bertz CT molecular complexity index is 905. The molecule has 1 aromatic carbocycles. The third-order valence-corrected chi connectivity index (χ3v) is 6.34. The molecule has 1 saturated heterocycles. The summed E-state index contributed by atoms with van der Waals surface area (Å²) in [6, 6.07) is 12.2. The van der Waals surface area contributed by atoms with Crippen LogP contribution >= 0.6 is 11.3 Å². The molecule has 5 nitrogen and oxygen atoms in total. The van der Waals surface area contributed by atoms with E-state index in [0.29, 0.717) is 6.54 Å². The maximum atomic E-state index is 11.6. The highest BCUT2D eigenvalue weighted by Crippen LogP contribution is 2.36. The molecule has 0 bridgehead atoms. The number of rotatable bonds is 5. The zero-order chi connectivity index (χ0) is 18.8. The van der Waals surface area contributed by atoms with E-state index < -0.39 is 5.97 Å². The number of carboxylic acids is 1. The van der Waals surface area contributed by atoms with Gasteiger partial charge < -0.3 is 5.11 Å². The maximum Gasteiger partial charge on any atom is 0.307 e. The Morgan fingerprint density at radius 2 is 2.19 bits per heavy atom. The van der Waals surface area contributed by atoms with Crippen molar-refractivity contribution in [1.29, 1.82) is 0 Å². The first-order chi connectivity index (χ1) is 13.2. The smallest absolute Gasteiger partial charge is 0.307 e. The molecule has 0 spiro atoms. The molecule has 3 aromatic rings. The average molecular weight is 382 g/mol. The van der Waals surface area contributed by atoms with E-state index in [9.17, 15) is 9.90 Å². The number of thiazole rings is 1. The van der Waals surface area contributed by atoms with E-state index >= 15 is 0 Å². The minimum atomic E-state index is -0.711. The predicted octanol–water partition coefficient (Wildman–Crippen LogP) is 4.14. The average Bonchev–Trinajstić information content (AvgIpc) is 3.12. The third-order valence-electron chi connectivity index (χ3n) is 5.25. The monoisotopic (exact) mass is 381 g/mol. The van der Waals surface area contributed by atoms with Crippen molar-refractivity contribution in [3.05, 3.63) is 58.9 Å². The fourth-order valence-corrected chi connectivity index (χ4v) is 4.84. The number of aryl methyl sites for hydroxylation is 1. The molecule has 0 aliphatic carbocycles. The molecule has 1 N–H and O–H groups in total. The fraction of sp³-hybridized carbons (Fsp3) is 0.381. The number of hydrogen-bond donors (Lipinski definition) is 1. The number of para-hydroxylation sites is 1. The summed E-state index contributed by atoms with van der Waals surface area (Å²) in [5.41, 5.74) is 3.13. The van der Waals surface area contributed by atoms with Crippen molar-refractivity contribution >= 4 is 27.5 Å². The van der Waals surface area contributed by atoms with Crippen LogP contribution in [0.4, 0.5) is 0 Å². The Labute approximate surface area is 162 Å². The highest BCUT2D eigenvalue weighted by molar-refractivity contribution is 7.18. The van der Waals surface area contributed by atoms with Gasteiger partial charge >= 0.3 is 5.97 Å². The van der Waals surface area contributed by atoms with Crippen LogP contribution in [0.3, 0.4) is 0 Å². The Balaban J connectivity index is 1.75. The van der Waals surface area contributed by atoms with Crippen LogP contribution in [0.1, 0.15) is 42.1 Å². The zero-order valence-electron chi connectivity index (χ0n) is 15.3. The summed E-state index contributed by atoms with van der Waals surface area (Å²) in [5.74, 6) is -1.04. The van der Waals surface area contributed by atoms with Gasteiger partial charge in [0.15, 0.2) is 0 Å². The maximum absolute atomic E-state index is 11.6. The van der Waals surface area contributed by atoms with E-state index in [4.69, 9.17) is 9.97 Å². The van der Waals surface area contributed by atoms with Crippen LogP contribution in [0.15, 0.2) is 42.6 Å². The molecule has 1 aliphatic heterocycles. The number of aromatic nitrogens is 2. The third kappa shape index (κ3) is 3.73. The minimum absolute atomic E-state index is 0.101. The summed E-state index contributed by atoms with van der Waals surface area (Å²) in [6.45, 7) is 3.51. The lowest BCUT2D eigenvalue weighted by Gasteiger charge is -2.35. The lowest BCUT2D eigenvalue weighted by atomic mass is 9.96. The minimum Gasteiger partial charge on any atom is -0.481 e. The fourth-order valence-electron chi connectivity index (χ4n) is 3.73. The lowest BCUT2D eigenvalue weighted by Crippen LogP contribution is -2.41. The molecule has 0 radical (unpaired) electrons. The van der Waals surface area contributed by atoms with Crippen LogP contribution in [0.2, 0.25) is 0 Å². The van der Waals surface area contributed by atoms with Crippen molar-refractivity contribution < 1.29 is 9.90 Å². The van der Waals surface area contributed by atoms with Crippen molar-refractivity contribution in [2.75, 3.05) is 13.1 Å². The Hall–Kier alpha value is -2.31. The van der Waals surface area contributed by atoms with Crippen LogP contribution < -0.4 is 0 Å². The van der Waals surface area contributed by atoms with Gasteiger partial charge in [0.05, 0.1) is 21.8 Å². The van der Waals surface area contributed by atoms with Crippen LogP contribution in [0.25, 0.3) is 10.2 Å². The lowest BCUT2D eigenvalue weighted by molar-refractivity contribution is -0.143. The number of likely N-dealkylation sites (tertiary alicyclic amines) is 1. The van der Waals surface area contributed by atoms with E-state index in [1.54, 1.807) is 11.3 Å². The quantitative estimate of drug-likeness (QED) is 0.719. The summed E-state index contributed by atoms with van der Waals surface area (Å²) >= 11 is 1.67. The molecule has 27 heavy (non-hydrogen) atoms. The van der Waals surface area contributed by atoms with Gasteiger partial charge in [0, 0.05) is 12.7 Å². The van der Waals surface area contributed by atoms with Crippen molar-refractivity contribution in [3.63, 3.8) is 0 Å². The van der Waals surface area contributed by atoms with Crippen LogP contribution in [0, 0.1) is 5.92 Å². The van der Waals surface area contributed by atoms with Crippen molar-refractivity contribution in [2.45, 2.75) is 32.2 Å². The second-order valence-corrected chi connectivity index (χ2v) is 8.10. The second kappa shape index (κ2) is 7.74. The number of piperidine rings is 1. The molecule has 2 unspecified atom stereocenters. The Morgan fingerprint density at radius 3 is 2.89 bits per heavy atom. The summed E-state index contributed by atoms with van der Waals surface area (Å²) in [4.78, 5) is 23.4. The SMILES string of the molecule is CCc1ccc(C(c2nc3ccccc3s2)N2CCCC(C(=O)O)C2)nc1. The standard InChI is InChI=1S/C21H23N3O2S/c1-2-14-9-10-17(22-12-14)19(24-11-5-6-15(13-24)21(25)26)20-23-16-7-3-4-8-18(16)27-20/h3-4,7-10,12,15,19H,2,5-6,11,13H2,1H3,(H,25,26). The highest BCUT2D eigenvalue weighted by atomic mass is 32.1. The van der Waals surface area contributed by atoms with Gasteiger partial charge in [0.25, 0.3) is 0 Å². The number of nitrogens with zero attached hydrogens (tertiary/aromatic N) is 3. The highest BCUT2D eigenvalue weighted by Gasteiger charge is 2.33. The number of hydrogen-bond acceptors (Lipinski definition) is 5. The zero-order valence-corrected chi connectivity index (χ0v) is 16.2. The second-order valence-electron chi connectivity index (χ2n) is 7.04. The number of carbonyl (C=O) groups is 1. The van der Waals surface area contributed by atoms with Gasteiger partial charge in [-0.3, -0.25) is 14.7 Å². The van der Waals surface area contributed by atoms with E-state index in [1.165, 1.54) is 5.56 Å². The number of aliphatic carboxylic acids is 1. The van der Waals surface area contributed by atoms with E-state index in [0.717, 1.165) is 46.7 Å². The van der Waals surface area contributed by atoms with E-state index in [-0.39, 0.29) is 12.0 Å². The number of fused-ring (bicyclic) bond motifs is 1. The molecule has 3 heterocycles. The van der Waals surface area contributed by atoms with Crippen LogP contribution in [-0.2, 0) is 11.2 Å². The molecular weight excluding hydrogens is 358 g/mol. The molecule has 6 heteroatoms. The Kier molecular flexibility index (Phi) is 5.18. The van der Waals surface area contributed by atoms with Gasteiger partial charge in [-0.15, -0.1) is 11.3 Å². The molecule has 1 fully saturated rings. The molecule has 1 aliphatic rings. The van der Waals surface area contributed by atoms with E-state index in [2.05, 4.69) is 30.0 Å². The van der Waals surface area contributed by atoms with E-state index in [1.807, 2.05) is 24.4 Å². The van der Waals surface area contributed by atoms with Gasteiger partial charge in [-0.05, 0) is 49.6 Å². The van der Waals surface area contributed by atoms with Gasteiger partial charge in [0.2, 0.25) is 0 Å². The molecule has 2 aromatic heterocycles. The number of benzene rings is 1. The van der Waals surface area contributed by atoms with Gasteiger partial charge in [-0.25, -0.2) is 4.98 Å². The molecular formula is C21H23N3O2S. The normalized spacial score (nSPS) is 19.2. The van der Waals surface area contributed by atoms with Crippen LogP contribution in [0.5, 0.6) is 0 Å². The first-order valence-electron chi connectivity index (χ1n) is 9.43. The summed E-state index contributed by atoms with van der Waals surface area (Å²) in [6.07, 6.45) is 4.49. The summed E-state index contributed by atoms with van der Waals surface area (Å²) < 4.78 is 1.15. The molecule has 0 saturated carbocycles. The van der Waals surface area contributed by atoms with Crippen molar-refractivity contribution in [2.24, 2.45) is 5.92 Å². The van der Waals surface area contributed by atoms with Gasteiger partial charge in [0.1, 0.15) is 11.0 Å². The number of carboxylic acid groups (broad SMARTS) is 1. The van der Waals surface area contributed by atoms with Crippen molar-refractivity contribution in [3.8, 4) is 0 Å². The summed E-state index contributed by atoms with van der Waals surface area (Å²) in [7, 11) is 0. The molecule has 2 atom stereocenters. The molecule has 0 amide bonds. The number of pyridine rings is 1. The summed E-state index contributed by atoms with van der Waals surface area (Å²) in [5, 5.41) is 10.5. The first kappa shape index (κ1) is 18.1. The van der Waals surface area contributed by atoms with Gasteiger partial charge in [-0.1, -0.05) is 25.1 Å². The van der Waals surface area contributed by atoms with Crippen molar-refractivity contribution in [1.82, 2.24) is 14.9 Å². The topological polar surface area (TPSA) is 66.3 Å². The van der Waals surface area contributed by atoms with Crippen LogP contribution in [-0.4, -0.2) is 39.0 Å². The molecule has 140 valence electrons. The van der Waals surface area contributed by atoms with Gasteiger partial charge in [-0.2, -0.15) is 0 Å². The Morgan fingerprint density at radius 1 is 1.33 bits per heavy atom. The largest absolute Gasteiger partial charge is 0.481 e. The first-order valence-corrected chi connectivity index (χ1v) is 10.2. The molecule has 4 rings (SSSR count).